The zero-order chi connectivity index (χ0) is 10.3. The van der Waals surface area contributed by atoms with Crippen LogP contribution in [0.1, 0.15) is 39.5 Å². The third-order valence-electron chi connectivity index (χ3n) is 2.08. The first-order valence-electron chi connectivity index (χ1n) is 4.69. The fourth-order valence-electron chi connectivity index (χ4n) is 1.35. The van der Waals surface area contributed by atoms with Gasteiger partial charge in [0.15, 0.2) is 0 Å². The summed E-state index contributed by atoms with van der Waals surface area (Å²) in [7, 11) is 1.68. The second kappa shape index (κ2) is 5.97. The van der Waals surface area contributed by atoms with Crippen LogP contribution in [-0.4, -0.2) is 24.8 Å². The van der Waals surface area contributed by atoms with Crippen LogP contribution in [-0.2, 0) is 9.53 Å². The lowest BCUT2D eigenvalue weighted by atomic mass is 9.84. The maximum Gasteiger partial charge on any atom is 0.303 e. The number of carboxylic acid groups (broad SMARTS) is 1. The second-order valence-electron chi connectivity index (χ2n) is 4.18. The molecule has 0 atom stereocenters. The van der Waals surface area contributed by atoms with E-state index >= 15 is 0 Å². The molecule has 0 aliphatic carbocycles. The summed E-state index contributed by atoms with van der Waals surface area (Å²) < 4.78 is 4.92. The van der Waals surface area contributed by atoms with Gasteiger partial charge >= 0.3 is 5.97 Å². The maximum absolute atomic E-state index is 10.5. The molecule has 3 nitrogen and oxygen atoms in total. The van der Waals surface area contributed by atoms with Gasteiger partial charge in [-0.05, 0) is 18.3 Å². The first kappa shape index (κ1) is 12.4. The van der Waals surface area contributed by atoms with Gasteiger partial charge < -0.3 is 9.84 Å². The van der Waals surface area contributed by atoms with Gasteiger partial charge in [0.05, 0.1) is 6.42 Å². The quantitative estimate of drug-likeness (QED) is 0.623. The normalized spacial score (nSPS) is 11.6. The fourth-order valence-corrected chi connectivity index (χ4v) is 1.35. The van der Waals surface area contributed by atoms with Gasteiger partial charge in [-0.15, -0.1) is 0 Å². The number of methoxy groups -OCH3 is 1. The van der Waals surface area contributed by atoms with Crippen LogP contribution in [0.4, 0.5) is 0 Å². The lowest BCUT2D eigenvalue weighted by Gasteiger charge is -2.21. The summed E-state index contributed by atoms with van der Waals surface area (Å²) in [5.74, 6) is -0.711. The van der Waals surface area contributed by atoms with Gasteiger partial charge in [-0.25, -0.2) is 0 Å². The molecule has 0 fully saturated rings. The molecule has 0 spiro atoms. The molecule has 1 N–H and O–H groups in total. The first-order chi connectivity index (χ1) is 5.98. The molecule has 0 amide bonds. The Morgan fingerprint density at radius 3 is 2.46 bits per heavy atom. The molecule has 0 rings (SSSR count). The van der Waals surface area contributed by atoms with Crippen molar-refractivity contribution in [3.05, 3.63) is 0 Å². The van der Waals surface area contributed by atoms with E-state index in [4.69, 9.17) is 9.84 Å². The predicted octanol–water partition coefficient (Wildman–Crippen LogP) is 2.30. The van der Waals surface area contributed by atoms with Crippen molar-refractivity contribution in [3.8, 4) is 0 Å². The highest BCUT2D eigenvalue weighted by Gasteiger charge is 2.20. The summed E-state index contributed by atoms with van der Waals surface area (Å²) in [4.78, 5) is 10.5. The van der Waals surface area contributed by atoms with Crippen molar-refractivity contribution in [2.24, 2.45) is 5.41 Å². The molecule has 0 heterocycles. The van der Waals surface area contributed by atoms with Crippen LogP contribution in [0, 0.1) is 5.41 Å². The van der Waals surface area contributed by atoms with Crippen molar-refractivity contribution in [2.45, 2.75) is 39.5 Å². The summed E-state index contributed by atoms with van der Waals surface area (Å²) >= 11 is 0. The standard InChI is InChI=1S/C10H20O3/c1-10(2,8-9(11)12)6-4-5-7-13-3/h4-8H2,1-3H3,(H,11,12). The van der Waals surface area contributed by atoms with Crippen molar-refractivity contribution >= 4 is 5.97 Å². The van der Waals surface area contributed by atoms with Crippen LogP contribution in [0.3, 0.4) is 0 Å². The van der Waals surface area contributed by atoms with E-state index in [2.05, 4.69) is 0 Å². The average Bonchev–Trinajstić information content (AvgIpc) is 1.95. The number of unbranched alkanes of at least 4 members (excludes halogenated alkanes) is 1. The van der Waals surface area contributed by atoms with E-state index in [-0.39, 0.29) is 11.8 Å². The van der Waals surface area contributed by atoms with Gasteiger partial charge in [0.2, 0.25) is 0 Å². The molecule has 0 radical (unpaired) electrons. The topological polar surface area (TPSA) is 46.5 Å². The van der Waals surface area contributed by atoms with Crippen LogP contribution in [0.15, 0.2) is 0 Å². The van der Waals surface area contributed by atoms with E-state index in [1.807, 2.05) is 13.8 Å². The molecule has 0 saturated heterocycles. The van der Waals surface area contributed by atoms with E-state index < -0.39 is 5.97 Å². The Bertz CT molecular complexity index is 152. The van der Waals surface area contributed by atoms with Gasteiger partial charge in [0.1, 0.15) is 0 Å². The number of hydrogen-bond acceptors (Lipinski definition) is 2. The molecule has 0 aromatic carbocycles. The predicted molar refractivity (Wildman–Crippen MR) is 51.8 cm³/mol. The zero-order valence-corrected chi connectivity index (χ0v) is 8.80. The lowest BCUT2D eigenvalue weighted by Crippen LogP contribution is -2.16. The summed E-state index contributed by atoms with van der Waals surface area (Å²) in [6, 6.07) is 0. The average molecular weight is 188 g/mol. The highest BCUT2D eigenvalue weighted by atomic mass is 16.5. The minimum atomic E-state index is -0.711. The van der Waals surface area contributed by atoms with Crippen molar-refractivity contribution in [1.29, 1.82) is 0 Å². The maximum atomic E-state index is 10.5. The van der Waals surface area contributed by atoms with Gasteiger partial charge in [-0.3, -0.25) is 4.79 Å². The number of hydrogen-bond donors (Lipinski definition) is 1. The number of ether oxygens (including phenoxy) is 1. The Labute approximate surface area is 80.1 Å². The summed E-state index contributed by atoms with van der Waals surface area (Å²) in [5, 5.41) is 8.63. The Kier molecular flexibility index (Phi) is 5.71. The van der Waals surface area contributed by atoms with Crippen molar-refractivity contribution in [1.82, 2.24) is 0 Å². The summed E-state index contributed by atoms with van der Waals surface area (Å²) in [6.07, 6.45) is 3.25. The van der Waals surface area contributed by atoms with Crippen molar-refractivity contribution in [2.75, 3.05) is 13.7 Å². The Balaban J connectivity index is 3.56. The van der Waals surface area contributed by atoms with Gasteiger partial charge in [-0.2, -0.15) is 0 Å². The van der Waals surface area contributed by atoms with Gasteiger partial charge in [-0.1, -0.05) is 20.3 Å². The first-order valence-corrected chi connectivity index (χ1v) is 4.69. The largest absolute Gasteiger partial charge is 0.481 e. The highest BCUT2D eigenvalue weighted by molar-refractivity contribution is 5.67. The molecule has 0 bridgehead atoms. The monoisotopic (exact) mass is 188 g/mol. The molecule has 0 aliphatic rings. The SMILES string of the molecule is COCCCCC(C)(C)CC(=O)O. The minimum Gasteiger partial charge on any atom is -0.481 e. The van der Waals surface area contributed by atoms with Crippen molar-refractivity contribution in [3.63, 3.8) is 0 Å². The number of aliphatic carboxylic acids is 1. The fraction of sp³-hybridized carbons (Fsp3) is 0.900. The van der Waals surface area contributed by atoms with E-state index in [1.165, 1.54) is 0 Å². The van der Waals surface area contributed by atoms with Gasteiger partial charge in [0.25, 0.3) is 0 Å². The van der Waals surface area contributed by atoms with Gasteiger partial charge in [0, 0.05) is 13.7 Å². The zero-order valence-electron chi connectivity index (χ0n) is 8.80. The Morgan fingerprint density at radius 1 is 1.38 bits per heavy atom. The molecule has 0 aromatic heterocycles. The second-order valence-corrected chi connectivity index (χ2v) is 4.18. The van der Waals surface area contributed by atoms with E-state index in [1.54, 1.807) is 7.11 Å². The molecule has 78 valence electrons. The van der Waals surface area contributed by atoms with Crippen LogP contribution < -0.4 is 0 Å². The molecule has 0 aromatic rings. The van der Waals surface area contributed by atoms with Crippen LogP contribution in [0.5, 0.6) is 0 Å². The summed E-state index contributed by atoms with van der Waals surface area (Å²) in [5.41, 5.74) is -0.0838. The molecular weight excluding hydrogens is 168 g/mol. The third-order valence-corrected chi connectivity index (χ3v) is 2.08. The van der Waals surface area contributed by atoms with Crippen LogP contribution >= 0.6 is 0 Å². The van der Waals surface area contributed by atoms with Crippen LogP contribution in [0.2, 0.25) is 0 Å². The Morgan fingerprint density at radius 2 is 2.00 bits per heavy atom. The molecule has 0 aliphatic heterocycles. The summed E-state index contributed by atoms with van der Waals surface area (Å²) in [6.45, 7) is 4.75. The third kappa shape index (κ3) is 7.78. The van der Waals surface area contributed by atoms with E-state index in [9.17, 15) is 4.79 Å². The number of carbonyl (C=O) groups is 1. The van der Waals surface area contributed by atoms with Crippen molar-refractivity contribution < 1.29 is 14.6 Å². The molecule has 13 heavy (non-hydrogen) atoms. The molecular formula is C10H20O3. The van der Waals surface area contributed by atoms with E-state index in [0.29, 0.717) is 0 Å². The van der Waals surface area contributed by atoms with Crippen LogP contribution in [0.25, 0.3) is 0 Å². The Hall–Kier alpha value is -0.570. The molecule has 0 unspecified atom stereocenters. The number of rotatable bonds is 7. The minimum absolute atomic E-state index is 0.0838. The molecule has 3 heteroatoms. The smallest absolute Gasteiger partial charge is 0.303 e. The molecule has 0 saturated carbocycles. The number of carboxylic acids is 1. The lowest BCUT2D eigenvalue weighted by molar-refractivity contribution is -0.139. The highest BCUT2D eigenvalue weighted by Crippen LogP contribution is 2.27. The van der Waals surface area contributed by atoms with E-state index in [0.717, 1.165) is 25.9 Å².